The lowest BCUT2D eigenvalue weighted by atomic mass is 10.1. The Labute approximate surface area is 116 Å². The number of fused-ring (bicyclic) bond motifs is 1. The zero-order valence-electron chi connectivity index (χ0n) is 9.07. The summed E-state index contributed by atoms with van der Waals surface area (Å²) in [5.41, 5.74) is 3.41. The minimum atomic E-state index is 0.0318. The van der Waals surface area contributed by atoms with E-state index < -0.39 is 0 Å². The van der Waals surface area contributed by atoms with Crippen LogP contribution in [0.15, 0.2) is 27.7 Å². The molecule has 2 heterocycles. The average molecular weight is 322 g/mol. The second kappa shape index (κ2) is 4.22. The zero-order chi connectivity index (χ0) is 12.7. The number of nitrogens with zero attached hydrogens (tertiary/aromatic N) is 1. The lowest BCUT2D eigenvalue weighted by molar-refractivity contribution is 0.455. The maximum atomic E-state index is 9.64. The van der Waals surface area contributed by atoms with Crippen molar-refractivity contribution in [2.75, 3.05) is 0 Å². The molecule has 18 heavy (non-hydrogen) atoms. The van der Waals surface area contributed by atoms with Gasteiger partial charge in [-0.25, -0.2) is 0 Å². The van der Waals surface area contributed by atoms with Crippen LogP contribution in [0.2, 0.25) is 0 Å². The van der Waals surface area contributed by atoms with Gasteiger partial charge in [0.1, 0.15) is 5.69 Å². The van der Waals surface area contributed by atoms with Crippen LogP contribution in [0, 0.1) is 4.77 Å². The van der Waals surface area contributed by atoms with Crippen molar-refractivity contribution in [3.05, 3.63) is 38.7 Å². The van der Waals surface area contributed by atoms with Gasteiger partial charge in [-0.1, -0.05) is 15.9 Å². The van der Waals surface area contributed by atoms with Crippen molar-refractivity contribution in [3.8, 4) is 5.88 Å². The van der Waals surface area contributed by atoms with Crippen LogP contribution < -0.4 is 0 Å². The van der Waals surface area contributed by atoms with Crippen molar-refractivity contribution < 1.29 is 5.11 Å². The Balaban J connectivity index is 2.11. The summed E-state index contributed by atoms with van der Waals surface area (Å²) in [5, 5.41) is 9.64. The lowest BCUT2D eigenvalue weighted by Gasteiger charge is -2.00. The van der Waals surface area contributed by atoms with Crippen LogP contribution >= 0.6 is 28.1 Å². The molecule has 6 heteroatoms. The summed E-state index contributed by atoms with van der Waals surface area (Å²) in [7, 11) is 0. The van der Waals surface area contributed by atoms with E-state index in [1.165, 1.54) is 0 Å². The molecule has 0 saturated heterocycles. The molecular weight excluding hydrogens is 314 g/mol. The molecule has 1 aromatic carbocycles. The highest BCUT2D eigenvalue weighted by molar-refractivity contribution is 9.10. The Morgan fingerprint density at radius 3 is 2.89 bits per heavy atom. The minimum absolute atomic E-state index is 0.0318. The quantitative estimate of drug-likeness (QED) is 0.699. The van der Waals surface area contributed by atoms with Crippen molar-refractivity contribution in [2.24, 2.45) is 4.99 Å². The summed E-state index contributed by atoms with van der Waals surface area (Å²) < 4.78 is 1.38. The van der Waals surface area contributed by atoms with Crippen LogP contribution in [-0.2, 0) is 0 Å². The highest BCUT2D eigenvalue weighted by Gasteiger charge is 2.13. The van der Waals surface area contributed by atoms with Gasteiger partial charge in [0.05, 0.1) is 5.69 Å². The fraction of sp³-hybridized carbons (Fsp3) is 0. The Morgan fingerprint density at radius 2 is 2.17 bits per heavy atom. The van der Waals surface area contributed by atoms with Gasteiger partial charge in [0.25, 0.3) is 0 Å². The molecule has 3 rings (SSSR count). The molecule has 0 atom stereocenters. The molecule has 0 aliphatic carbocycles. The molecule has 4 nitrogen and oxygen atoms in total. The Hall–Kier alpha value is -1.66. The molecule has 0 spiro atoms. The minimum Gasteiger partial charge on any atom is -0.493 e. The molecule has 1 aliphatic heterocycles. The number of rotatable bonds is 1. The van der Waals surface area contributed by atoms with Crippen LogP contribution in [0.25, 0.3) is 11.6 Å². The van der Waals surface area contributed by atoms with E-state index in [4.69, 9.17) is 12.2 Å². The number of hydrogen-bond acceptors (Lipinski definition) is 3. The smallest absolute Gasteiger partial charge is 0.215 e. The Bertz CT molecular complexity index is 742. The fourth-order valence-electron chi connectivity index (χ4n) is 1.82. The summed E-state index contributed by atoms with van der Waals surface area (Å²) >= 11 is 8.35. The normalized spacial score (nSPS) is 15.3. The number of aromatic nitrogens is 2. The molecule has 1 aromatic heterocycles. The van der Waals surface area contributed by atoms with Crippen LogP contribution in [0.3, 0.4) is 0 Å². The number of benzene rings is 1. The van der Waals surface area contributed by atoms with E-state index in [-0.39, 0.29) is 5.88 Å². The highest BCUT2D eigenvalue weighted by atomic mass is 79.9. The topological polar surface area (TPSA) is 64.2 Å². The maximum Gasteiger partial charge on any atom is 0.215 e. The van der Waals surface area contributed by atoms with Crippen molar-refractivity contribution >= 4 is 51.7 Å². The third kappa shape index (κ3) is 1.93. The van der Waals surface area contributed by atoms with E-state index in [0.29, 0.717) is 10.5 Å². The summed E-state index contributed by atoms with van der Waals surface area (Å²) in [6.07, 6.45) is 3.57. The lowest BCUT2D eigenvalue weighted by Crippen LogP contribution is -1.82. The maximum absolute atomic E-state index is 9.64. The number of aliphatic imine (C=N–C) groups is 1. The standard InChI is InChI=1S/C12H8BrN3OS/c13-7-1-2-9-8(4-7)6(5-14-9)3-10-11(17)16-12(18)15-10/h1-5,17H,(H2,15,16,18). The van der Waals surface area contributed by atoms with Gasteiger partial charge < -0.3 is 15.1 Å². The molecule has 0 unspecified atom stereocenters. The number of aromatic amines is 2. The predicted octanol–water partition coefficient (Wildman–Crippen LogP) is 3.80. The number of hydrogen-bond donors (Lipinski definition) is 3. The van der Waals surface area contributed by atoms with Crippen molar-refractivity contribution in [2.45, 2.75) is 0 Å². The first-order chi connectivity index (χ1) is 8.63. The second-order valence-electron chi connectivity index (χ2n) is 3.86. The van der Waals surface area contributed by atoms with E-state index in [0.717, 1.165) is 21.3 Å². The van der Waals surface area contributed by atoms with Crippen LogP contribution in [-0.4, -0.2) is 21.3 Å². The van der Waals surface area contributed by atoms with Gasteiger partial charge in [-0.05, 0) is 36.5 Å². The van der Waals surface area contributed by atoms with E-state index in [2.05, 4.69) is 30.9 Å². The molecule has 1 aliphatic rings. The number of imidazole rings is 1. The van der Waals surface area contributed by atoms with Crippen molar-refractivity contribution in [3.63, 3.8) is 0 Å². The van der Waals surface area contributed by atoms with E-state index in [1.807, 2.05) is 24.3 Å². The number of nitrogens with one attached hydrogen (secondary N) is 2. The summed E-state index contributed by atoms with van der Waals surface area (Å²) in [5.74, 6) is 0.0318. The largest absolute Gasteiger partial charge is 0.493 e. The third-order valence-electron chi connectivity index (χ3n) is 2.65. The number of aromatic hydroxyl groups is 1. The van der Waals surface area contributed by atoms with Gasteiger partial charge >= 0.3 is 0 Å². The van der Waals surface area contributed by atoms with Gasteiger partial charge in [0.2, 0.25) is 5.88 Å². The van der Waals surface area contributed by atoms with Gasteiger partial charge in [0, 0.05) is 21.8 Å². The molecule has 0 bridgehead atoms. The van der Waals surface area contributed by atoms with Crippen LogP contribution in [0.1, 0.15) is 11.3 Å². The van der Waals surface area contributed by atoms with Gasteiger partial charge in [0.15, 0.2) is 4.77 Å². The second-order valence-corrected chi connectivity index (χ2v) is 5.18. The predicted molar refractivity (Wildman–Crippen MR) is 77.8 cm³/mol. The average Bonchev–Trinajstić information content (AvgIpc) is 2.84. The first-order valence-electron chi connectivity index (χ1n) is 5.20. The van der Waals surface area contributed by atoms with E-state index in [1.54, 1.807) is 6.21 Å². The van der Waals surface area contributed by atoms with Crippen LogP contribution in [0.5, 0.6) is 5.88 Å². The van der Waals surface area contributed by atoms with E-state index >= 15 is 0 Å². The number of allylic oxidation sites excluding steroid dienone is 1. The highest BCUT2D eigenvalue weighted by Crippen LogP contribution is 2.35. The monoisotopic (exact) mass is 321 g/mol. The molecule has 3 N–H and O–H groups in total. The van der Waals surface area contributed by atoms with Gasteiger partial charge in [-0.3, -0.25) is 4.99 Å². The molecule has 0 saturated carbocycles. The van der Waals surface area contributed by atoms with Gasteiger partial charge in [-0.15, -0.1) is 0 Å². The van der Waals surface area contributed by atoms with Crippen molar-refractivity contribution in [1.82, 2.24) is 9.97 Å². The van der Waals surface area contributed by atoms with Gasteiger partial charge in [-0.2, -0.15) is 0 Å². The SMILES string of the molecule is Oc1[nH]c(=S)[nH]c1C=C1C=Nc2ccc(Br)cc21. The van der Waals surface area contributed by atoms with Crippen molar-refractivity contribution in [1.29, 1.82) is 0 Å². The molecule has 2 aromatic rings. The first-order valence-corrected chi connectivity index (χ1v) is 6.40. The number of H-pyrrole nitrogens is 2. The Morgan fingerprint density at radius 1 is 1.33 bits per heavy atom. The Kier molecular flexibility index (Phi) is 2.68. The van der Waals surface area contributed by atoms with E-state index in [9.17, 15) is 5.11 Å². The summed E-state index contributed by atoms with van der Waals surface area (Å²) in [6.45, 7) is 0. The van der Waals surface area contributed by atoms with Crippen LogP contribution in [0.4, 0.5) is 5.69 Å². The third-order valence-corrected chi connectivity index (χ3v) is 3.34. The summed E-state index contributed by atoms with van der Waals surface area (Å²) in [6, 6.07) is 5.88. The molecule has 0 amide bonds. The molecule has 0 fully saturated rings. The zero-order valence-corrected chi connectivity index (χ0v) is 11.5. The summed E-state index contributed by atoms with van der Waals surface area (Å²) in [4.78, 5) is 9.82. The molecule has 0 radical (unpaired) electrons. The molecular formula is C12H8BrN3OS. The fourth-order valence-corrected chi connectivity index (χ4v) is 2.39. The molecule has 90 valence electrons. The number of halogens is 1. The first kappa shape index (κ1) is 11.4.